The van der Waals surface area contributed by atoms with Gasteiger partial charge < -0.3 is 5.11 Å². The second-order valence-corrected chi connectivity index (χ2v) is 7.90. The van der Waals surface area contributed by atoms with Crippen molar-refractivity contribution in [2.24, 2.45) is 9.98 Å². The Kier molecular flexibility index (Phi) is 5.27. The molecule has 1 aliphatic rings. The Hall–Kier alpha value is -3.25. The van der Waals surface area contributed by atoms with E-state index >= 15 is 0 Å². The number of aryl methyl sites for hydroxylation is 1. The predicted molar refractivity (Wildman–Crippen MR) is 115 cm³/mol. The van der Waals surface area contributed by atoms with Crippen molar-refractivity contribution in [3.05, 3.63) is 79.9 Å². The average Bonchev–Trinajstić information content (AvgIpc) is 2.99. The molecule has 5 nitrogen and oxygen atoms in total. The first-order chi connectivity index (χ1) is 14.0. The van der Waals surface area contributed by atoms with Crippen molar-refractivity contribution >= 4 is 35.1 Å². The molecule has 0 unspecified atom stereocenters. The lowest BCUT2D eigenvalue weighted by Crippen LogP contribution is -2.30. The minimum Gasteiger partial charge on any atom is -0.493 e. The van der Waals surface area contributed by atoms with Crippen LogP contribution in [0.4, 0.5) is 5.69 Å². The van der Waals surface area contributed by atoms with E-state index in [0.29, 0.717) is 27.2 Å². The summed E-state index contributed by atoms with van der Waals surface area (Å²) in [6.45, 7) is 4.69. The molecule has 2 aromatic carbocycles. The second kappa shape index (κ2) is 8.01. The molecule has 0 bridgehead atoms. The fraction of sp³-hybridized carbons (Fsp3) is 0.174. The third kappa shape index (κ3) is 3.98. The molecule has 1 N–H and O–H groups in total. The van der Waals surface area contributed by atoms with Crippen LogP contribution in [-0.4, -0.2) is 15.6 Å². The van der Waals surface area contributed by atoms with Crippen molar-refractivity contribution in [1.29, 1.82) is 0 Å². The highest BCUT2D eigenvalue weighted by atomic mass is 32.1. The summed E-state index contributed by atoms with van der Waals surface area (Å²) in [5.41, 5.74) is 2.37. The third-order valence-electron chi connectivity index (χ3n) is 4.59. The van der Waals surface area contributed by atoms with Gasteiger partial charge in [-0.15, -0.1) is 0 Å². The van der Waals surface area contributed by atoms with Crippen LogP contribution in [0.25, 0.3) is 12.2 Å². The van der Waals surface area contributed by atoms with Crippen molar-refractivity contribution in [3.8, 4) is 5.88 Å². The normalized spacial score (nSPS) is 15.2. The Balaban J connectivity index is 1.85. The molecule has 0 fully saturated rings. The molecular formula is C23H21N3O2S. The molecule has 2 heterocycles. The molecule has 0 spiro atoms. The summed E-state index contributed by atoms with van der Waals surface area (Å²) < 4.78 is 1.78. The van der Waals surface area contributed by atoms with Gasteiger partial charge >= 0.3 is 0 Å². The van der Waals surface area contributed by atoms with Gasteiger partial charge in [0.25, 0.3) is 5.91 Å². The lowest BCUT2D eigenvalue weighted by molar-refractivity contribution is -0.114. The number of hydrogen-bond acceptors (Lipinski definition) is 4. The van der Waals surface area contributed by atoms with E-state index in [-0.39, 0.29) is 11.8 Å². The average molecular weight is 404 g/mol. The van der Waals surface area contributed by atoms with E-state index in [1.807, 2.05) is 68.5 Å². The van der Waals surface area contributed by atoms with Gasteiger partial charge in [-0.3, -0.25) is 9.36 Å². The number of para-hydroxylation sites is 1. The van der Waals surface area contributed by atoms with E-state index in [4.69, 9.17) is 0 Å². The van der Waals surface area contributed by atoms with Crippen LogP contribution in [-0.2, 0) is 11.3 Å². The maximum atomic E-state index is 12.5. The number of carbonyl (C=O) groups excluding carboxylic acids is 1. The highest BCUT2D eigenvalue weighted by molar-refractivity contribution is 7.10. The molecule has 29 heavy (non-hydrogen) atoms. The first-order valence-corrected chi connectivity index (χ1v) is 10.3. The maximum Gasteiger partial charge on any atom is 0.277 e. The molecule has 1 aromatic heterocycles. The molecule has 0 saturated carbocycles. The predicted octanol–water partition coefficient (Wildman–Crippen LogP) is 3.23. The highest BCUT2D eigenvalue weighted by Gasteiger charge is 2.15. The molecule has 0 radical (unpaired) electrons. The van der Waals surface area contributed by atoms with E-state index in [2.05, 4.69) is 9.98 Å². The standard InChI is InChI=1S/C23H21N3O2S/c1-3-11-26-22(28)20(29-23(26)24-18-7-5-4-6-8-18)14-17-13-16-12-15(2)9-10-19(16)25-21(17)27/h4-10,12-14,28H,3,11H2,1-2H3/b17-14-,24-23?. The monoisotopic (exact) mass is 403 g/mol. The molecule has 0 saturated heterocycles. The number of thiazole rings is 1. The van der Waals surface area contributed by atoms with Gasteiger partial charge in [-0.1, -0.05) is 48.1 Å². The van der Waals surface area contributed by atoms with E-state index in [1.165, 1.54) is 11.3 Å². The molecule has 0 atom stereocenters. The molecular weight excluding hydrogens is 382 g/mol. The molecule has 146 valence electrons. The van der Waals surface area contributed by atoms with Crippen LogP contribution >= 0.6 is 11.3 Å². The van der Waals surface area contributed by atoms with E-state index in [0.717, 1.165) is 22.9 Å². The number of carbonyl (C=O) groups is 1. The first-order valence-electron chi connectivity index (χ1n) is 9.50. The number of aromatic nitrogens is 1. The lowest BCUT2D eigenvalue weighted by Gasteiger charge is -2.04. The van der Waals surface area contributed by atoms with Crippen LogP contribution in [0, 0.1) is 6.92 Å². The molecule has 4 rings (SSSR count). The Morgan fingerprint density at radius 1 is 1.21 bits per heavy atom. The summed E-state index contributed by atoms with van der Waals surface area (Å²) in [6, 6.07) is 15.4. The molecule has 3 aromatic rings. The van der Waals surface area contributed by atoms with Gasteiger partial charge in [-0.05, 0) is 49.8 Å². The van der Waals surface area contributed by atoms with Gasteiger partial charge in [0, 0.05) is 17.3 Å². The van der Waals surface area contributed by atoms with Crippen molar-refractivity contribution in [3.63, 3.8) is 0 Å². The molecule has 6 heteroatoms. The number of nitrogens with zero attached hydrogens (tertiary/aromatic N) is 3. The minimum atomic E-state index is -0.308. The van der Waals surface area contributed by atoms with Crippen molar-refractivity contribution < 1.29 is 9.90 Å². The van der Waals surface area contributed by atoms with Crippen LogP contribution in [0.2, 0.25) is 0 Å². The zero-order valence-electron chi connectivity index (χ0n) is 16.3. The second-order valence-electron chi connectivity index (χ2n) is 6.89. The Morgan fingerprint density at radius 3 is 2.76 bits per heavy atom. The number of rotatable bonds is 4. The summed E-state index contributed by atoms with van der Waals surface area (Å²) >= 11 is 1.36. The lowest BCUT2D eigenvalue weighted by atomic mass is 10.1. The van der Waals surface area contributed by atoms with E-state index < -0.39 is 0 Å². The number of amides is 1. The summed E-state index contributed by atoms with van der Waals surface area (Å²) in [5.74, 6) is -0.187. The van der Waals surface area contributed by atoms with Gasteiger partial charge in [-0.2, -0.15) is 0 Å². The van der Waals surface area contributed by atoms with Gasteiger partial charge in [0.05, 0.1) is 15.9 Å². The third-order valence-corrected chi connectivity index (χ3v) is 5.60. The van der Waals surface area contributed by atoms with Gasteiger partial charge in [0.2, 0.25) is 5.88 Å². The van der Waals surface area contributed by atoms with E-state index in [1.54, 1.807) is 10.6 Å². The zero-order valence-corrected chi connectivity index (χ0v) is 17.1. The fourth-order valence-electron chi connectivity index (χ4n) is 3.18. The minimum absolute atomic E-state index is 0.121. The van der Waals surface area contributed by atoms with Gasteiger partial charge in [-0.25, -0.2) is 9.98 Å². The Labute approximate surface area is 172 Å². The van der Waals surface area contributed by atoms with Crippen molar-refractivity contribution in [2.75, 3.05) is 0 Å². The van der Waals surface area contributed by atoms with Gasteiger partial charge in [0.15, 0.2) is 4.80 Å². The highest BCUT2D eigenvalue weighted by Crippen LogP contribution is 2.25. The smallest absolute Gasteiger partial charge is 0.277 e. The summed E-state index contributed by atoms with van der Waals surface area (Å²) in [6.07, 6.45) is 4.39. The van der Waals surface area contributed by atoms with Gasteiger partial charge in [0.1, 0.15) is 0 Å². The van der Waals surface area contributed by atoms with Crippen LogP contribution in [0.1, 0.15) is 23.8 Å². The van der Waals surface area contributed by atoms with Crippen LogP contribution in [0.5, 0.6) is 5.88 Å². The quantitative estimate of drug-likeness (QED) is 0.680. The maximum absolute atomic E-state index is 12.5. The largest absolute Gasteiger partial charge is 0.493 e. The van der Waals surface area contributed by atoms with E-state index in [9.17, 15) is 9.90 Å². The number of aromatic hydroxyl groups is 1. The number of fused-ring (bicyclic) bond motifs is 1. The molecule has 1 aliphatic heterocycles. The fourth-order valence-corrected chi connectivity index (χ4v) is 4.20. The first kappa shape index (κ1) is 19.1. The Bertz CT molecular complexity index is 1300. The molecule has 0 aliphatic carbocycles. The Morgan fingerprint density at radius 2 is 2.00 bits per heavy atom. The summed E-state index contributed by atoms with van der Waals surface area (Å²) in [7, 11) is 0. The molecule has 1 amide bonds. The number of hydrogen-bond donors (Lipinski definition) is 1. The van der Waals surface area contributed by atoms with Crippen LogP contribution in [0.15, 0.2) is 64.1 Å². The van der Waals surface area contributed by atoms with Crippen molar-refractivity contribution in [1.82, 2.24) is 4.57 Å². The van der Waals surface area contributed by atoms with Crippen LogP contribution < -0.4 is 15.4 Å². The summed E-state index contributed by atoms with van der Waals surface area (Å²) in [5, 5.41) is 12.4. The topological polar surface area (TPSA) is 66.9 Å². The zero-order chi connectivity index (χ0) is 20.4. The number of benzene rings is 2. The SMILES string of the molecule is CCCn1c(O)c(/C=C2/C=c3cc(C)ccc3=NC2=O)sc1=Nc1ccccc1. The summed E-state index contributed by atoms with van der Waals surface area (Å²) in [4.78, 5) is 22.6. The van der Waals surface area contributed by atoms with Crippen LogP contribution in [0.3, 0.4) is 0 Å². The van der Waals surface area contributed by atoms with Crippen molar-refractivity contribution in [2.45, 2.75) is 26.8 Å².